The van der Waals surface area contributed by atoms with Crippen molar-refractivity contribution in [2.45, 2.75) is 42.3 Å². The van der Waals surface area contributed by atoms with Gasteiger partial charge >= 0.3 is 175 Å². The first-order valence-corrected chi connectivity index (χ1v) is 10.4. The summed E-state index contributed by atoms with van der Waals surface area (Å²) in [7, 11) is -7.41. The van der Waals surface area contributed by atoms with Crippen molar-refractivity contribution in [2.24, 2.45) is 0 Å². The molecule has 1 aromatic carbocycles. The van der Waals surface area contributed by atoms with E-state index in [-0.39, 0.29) is 6.42 Å². The Morgan fingerprint density at radius 3 is 1.33 bits per heavy atom. The average molecular weight is 530 g/mol. The van der Waals surface area contributed by atoms with Crippen LogP contribution in [0.25, 0.3) is 0 Å². The van der Waals surface area contributed by atoms with E-state index in [1.54, 1.807) is 0 Å². The molecule has 0 aliphatic carbocycles. The van der Waals surface area contributed by atoms with Crippen LogP contribution < -0.4 is 4.52 Å². The Balaban J connectivity index is 2.46. The zero-order chi connectivity index (χ0) is 25.2. The molecule has 1 spiro atoms. The Bertz CT molecular complexity index is 800. The first-order valence-electron chi connectivity index (χ1n) is 8.53. The van der Waals surface area contributed by atoms with Gasteiger partial charge in [-0.1, -0.05) is 0 Å². The van der Waals surface area contributed by atoms with Crippen LogP contribution >= 0.6 is 7.74 Å². The molecular formula is C15H11F12O5P. The summed E-state index contributed by atoms with van der Waals surface area (Å²) in [6.07, 6.45) is -30.0. The minimum atomic E-state index is -7.41. The number of rotatable bonds is 2. The predicted molar refractivity (Wildman–Crippen MR) is 82.4 cm³/mol. The molecule has 2 saturated heterocycles. The monoisotopic (exact) mass is 530 g/mol. The molecule has 0 N–H and O–H groups in total. The fraction of sp³-hybridized carbons (Fsp3) is 0.600. The average Bonchev–Trinajstić information content (AvgIpc) is 2.93. The van der Waals surface area contributed by atoms with Crippen LogP contribution in [0, 0.1) is 0 Å². The third-order valence-electron chi connectivity index (χ3n) is 4.56. The summed E-state index contributed by atoms with van der Waals surface area (Å²) in [5.41, 5.74) is -14.2. The van der Waals surface area contributed by atoms with Gasteiger partial charge in [0.1, 0.15) is 0 Å². The van der Waals surface area contributed by atoms with E-state index in [0.717, 1.165) is 24.3 Å². The molecular weight excluding hydrogens is 519 g/mol. The van der Waals surface area contributed by atoms with Crippen LogP contribution in [0.4, 0.5) is 52.7 Å². The zero-order valence-corrected chi connectivity index (χ0v) is 16.4. The summed E-state index contributed by atoms with van der Waals surface area (Å²) in [5.74, 6) is -0.851. The van der Waals surface area contributed by atoms with E-state index in [1.165, 1.54) is 6.07 Å². The maximum absolute atomic E-state index is 13.8. The van der Waals surface area contributed by atoms with Gasteiger partial charge in [0.2, 0.25) is 0 Å². The van der Waals surface area contributed by atoms with Crippen LogP contribution in [0.3, 0.4) is 0 Å². The van der Waals surface area contributed by atoms with E-state index in [9.17, 15) is 52.7 Å². The molecule has 3 rings (SSSR count). The summed E-state index contributed by atoms with van der Waals surface area (Å²) < 4.78 is 187. The number of para-hydroxylation sites is 1. The molecule has 2 heterocycles. The second kappa shape index (κ2) is 7.23. The van der Waals surface area contributed by atoms with Crippen molar-refractivity contribution in [1.29, 1.82) is 0 Å². The van der Waals surface area contributed by atoms with Crippen LogP contribution in [0.1, 0.15) is 6.42 Å². The van der Waals surface area contributed by atoms with Crippen LogP contribution in [-0.4, -0.2) is 49.1 Å². The Hall–Kier alpha value is -1.55. The van der Waals surface area contributed by atoms with Crippen LogP contribution in [-0.2, 0) is 18.1 Å². The number of halogens is 12. The third kappa shape index (κ3) is 3.54. The van der Waals surface area contributed by atoms with Gasteiger partial charge in [-0.25, -0.2) is 0 Å². The summed E-state index contributed by atoms with van der Waals surface area (Å²) in [5, 5.41) is 0. The van der Waals surface area contributed by atoms with Crippen molar-refractivity contribution in [1.82, 2.24) is 0 Å². The fourth-order valence-electron chi connectivity index (χ4n) is 3.29. The van der Waals surface area contributed by atoms with Crippen molar-refractivity contribution < 1.29 is 75.3 Å². The van der Waals surface area contributed by atoms with Crippen LogP contribution in [0.5, 0.6) is 5.75 Å². The molecule has 1 aromatic rings. The zero-order valence-electron chi connectivity index (χ0n) is 15.5. The van der Waals surface area contributed by atoms with E-state index < -0.39 is 62.6 Å². The molecule has 190 valence electrons. The molecule has 0 saturated carbocycles. The molecule has 2 fully saturated rings. The number of hydrogen-bond donors (Lipinski definition) is 0. The second-order valence-electron chi connectivity index (χ2n) is 6.71. The molecule has 2 aliphatic rings. The van der Waals surface area contributed by atoms with Crippen molar-refractivity contribution in [3.05, 3.63) is 30.3 Å². The minimum absolute atomic E-state index is 0.362. The van der Waals surface area contributed by atoms with Gasteiger partial charge in [0.25, 0.3) is 0 Å². The van der Waals surface area contributed by atoms with Crippen molar-refractivity contribution in [3.8, 4) is 5.75 Å². The second-order valence-corrected chi connectivity index (χ2v) is 9.26. The topological polar surface area (TPSA) is 46.2 Å². The van der Waals surface area contributed by atoms with Gasteiger partial charge < -0.3 is 0 Å². The normalized spacial score (nSPS) is 25.9. The molecule has 0 atom stereocenters. The number of benzene rings is 1. The van der Waals surface area contributed by atoms with Gasteiger partial charge in [-0.15, -0.1) is 0 Å². The molecule has 0 bridgehead atoms. The summed E-state index contributed by atoms with van der Waals surface area (Å²) in [4.78, 5) is 0. The van der Waals surface area contributed by atoms with E-state index >= 15 is 0 Å². The Kier molecular flexibility index (Phi) is 5.71. The van der Waals surface area contributed by atoms with Gasteiger partial charge in [0.05, 0.1) is 0 Å². The summed E-state index contributed by atoms with van der Waals surface area (Å²) >= 11 is 0. The Morgan fingerprint density at radius 1 is 0.636 bits per heavy atom. The van der Waals surface area contributed by atoms with E-state index in [1.807, 2.05) is 0 Å². The van der Waals surface area contributed by atoms with Crippen LogP contribution in [0.2, 0.25) is 0 Å². The van der Waals surface area contributed by atoms with Gasteiger partial charge in [0.15, 0.2) is 0 Å². The number of alkyl halides is 12. The van der Waals surface area contributed by atoms with E-state index in [2.05, 4.69) is 18.1 Å². The molecule has 33 heavy (non-hydrogen) atoms. The molecule has 0 aromatic heterocycles. The maximum atomic E-state index is 13.8. The third-order valence-corrected chi connectivity index (χ3v) is 7.42. The fourth-order valence-corrected chi connectivity index (χ4v) is 6.68. The van der Waals surface area contributed by atoms with Gasteiger partial charge in [-0.2, -0.15) is 0 Å². The number of hydrogen-bond acceptors (Lipinski definition) is 5. The summed E-state index contributed by atoms with van der Waals surface area (Å²) in [6, 6.07) is 4.89. The van der Waals surface area contributed by atoms with Crippen molar-refractivity contribution in [3.63, 3.8) is 0 Å². The quantitative estimate of drug-likeness (QED) is 0.327. The first-order chi connectivity index (χ1) is 14.8. The van der Waals surface area contributed by atoms with Gasteiger partial charge in [0, 0.05) is 0 Å². The molecule has 2 aliphatic heterocycles. The molecule has 0 radical (unpaired) electrons. The molecule has 18 heteroatoms. The molecule has 5 nitrogen and oxygen atoms in total. The van der Waals surface area contributed by atoms with E-state index in [0.29, 0.717) is 0 Å². The Morgan fingerprint density at radius 2 is 1.00 bits per heavy atom. The first kappa shape index (κ1) is 26.1. The van der Waals surface area contributed by atoms with E-state index in [4.69, 9.17) is 4.52 Å². The SMILES string of the molecule is FC(F)(F)C1(C(F)(F)F)OP2(Oc3ccccc3)(OCCCO2)OC1(C(F)(F)F)C(F)(F)F. The molecule has 0 amide bonds. The van der Waals surface area contributed by atoms with Crippen LogP contribution in [0.15, 0.2) is 30.3 Å². The molecule has 0 unspecified atom stereocenters. The van der Waals surface area contributed by atoms with Crippen molar-refractivity contribution in [2.75, 3.05) is 13.2 Å². The predicted octanol–water partition coefficient (Wildman–Crippen LogP) is 6.40. The standard InChI is InChI=1S/C15H11F12O5P/c16-12(17,18)10(13(19,20)21)11(14(22,23)24,15(25,26)27)32-33(31-10,28-7-4-8-29-33)30-9-5-2-1-3-6-9/h1-3,5-6H,4,7-8H2. The summed E-state index contributed by atoms with van der Waals surface area (Å²) in [6.45, 7) is -2.02. The Labute approximate surface area is 175 Å². The van der Waals surface area contributed by atoms with Gasteiger partial charge in [-0.05, 0) is 0 Å². The van der Waals surface area contributed by atoms with Gasteiger partial charge in [-0.3, -0.25) is 0 Å². The van der Waals surface area contributed by atoms with Crippen molar-refractivity contribution >= 4 is 7.74 Å².